The molecule has 0 aliphatic heterocycles. The van der Waals surface area contributed by atoms with Crippen LogP contribution in [0.2, 0.25) is 0 Å². The maximum Gasteiger partial charge on any atom is 0.434 e. The fourth-order valence-electron chi connectivity index (χ4n) is 2.75. The highest BCUT2D eigenvalue weighted by molar-refractivity contribution is 9.10. The number of hydrogen-bond acceptors (Lipinski definition) is 4. The van der Waals surface area contributed by atoms with Crippen LogP contribution in [0.3, 0.4) is 0 Å². The summed E-state index contributed by atoms with van der Waals surface area (Å²) < 4.78 is 59.6. The largest absolute Gasteiger partial charge is 0.434 e. The number of alkyl halides is 3. The van der Waals surface area contributed by atoms with Gasteiger partial charge in [0.05, 0.1) is 5.56 Å². The third kappa shape index (κ3) is 3.80. The molecule has 2 aromatic heterocycles. The summed E-state index contributed by atoms with van der Waals surface area (Å²) in [6, 6.07) is 10.8. The molecule has 2 aromatic carbocycles. The Hall–Kier alpha value is -3.01. The molecule has 0 aliphatic rings. The normalized spacial score (nSPS) is 11.8. The quantitative estimate of drug-likeness (QED) is 0.362. The fraction of sp³-hybridized carbons (Fsp3) is 0.105. The van der Waals surface area contributed by atoms with E-state index in [1.807, 2.05) is 0 Å². The molecule has 0 aliphatic carbocycles. The molecule has 0 atom stereocenters. The first kappa shape index (κ1) is 19.3. The molecule has 0 saturated heterocycles. The van der Waals surface area contributed by atoms with Crippen molar-refractivity contribution in [1.82, 2.24) is 19.7 Å². The zero-order valence-corrected chi connectivity index (χ0v) is 16.3. The van der Waals surface area contributed by atoms with Crippen LogP contribution in [-0.4, -0.2) is 19.7 Å². The first-order valence-electron chi connectivity index (χ1n) is 8.23. The second-order valence-corrected chi connectivity index (χ2v) is 7.10. The SMILES string of the molecule is Cn1cc(C(F)(F)F)nc1-c1ccc(-c2noc(-c3cc(Br)ccc3F)n2)cc1. The van der Waals surface area contributed by atoms with Gasteiger partial charge in [0, 0.05) is 28.8 Å². The van der Waals surface area contributed by atoms with E-state index < -0.39 is 17.7 Å². The van der Waals surface area contributed by atoms with Gasteiger partial charge < -0.3 is 9.09 Å². The predicted octanol–water partition coefficient (Wildman–Crippen LogP) is 5.72. The molecule has 0 fully saturated rings. The number of nitrogens with zero attached hydrogens (tertiary/aromatic N) is 4. The zero-order valence-electron chi connectivity index (χ0n) is 14.7. The van der Waals surface area contributed by atoms with Crippen LogP contribution in [0, 0.1) is 5.82 Å². The number of hydrogen-bond donors (Lipinski definition) is 0. The van der Waals surface area contributed by atoms with Crippen molar-refractivity contribution in [2.45, 2.75) is 6.18 Å². The summed E-state index contributed by atoms with van der Waals surface area (Å²) >= 11 is 3.26. The number of aryl methyl sites for hydroxylation is 1. The molecule has 0 N–H and O–H groups in total. The van der Waals surface area contributed by atoms with Gasteiger partial charge in [-0.05, 0) is 18.2 Å². The number of halogens is 5. The van der Waals surface area contributed by atoms with E-state index in [0.29, 0.717) is 15.6 Å². The Kier molecular flexibility index (Phi) is 4.73. The van der Waals surface area contributed by atoms with Crippen LogP contribution in [0.4, 0.5) is 17.6 Å². The summed E-state index contributed by atoms with van der Waals surface area (Å²) in [5.41, 5.74) is 0.248. The molecule has 0 amide bonds. The third-order valence-electron chi connectivity index (χ3n) is 4.15. The Bertz CT molecular complexity index is 1180. The van der Waals surface area contributed by atoms with Crippen molar-refractivity contribution in [3.05, 3.63) is 64.6 Å². The zero-order chi connectivity index (χ0) is 20.8. The molecule has 2 heterocycles. The highest BCUT2D eigenvalue weighted by Gasteiger charge is 2.34. The first-order valence-corrected chi connectivity index (χ1v) is 9.02. The molecule has 5 nitrogen and oxygen atoms in total. The molecule has 0 spiro atoms. The Labute approximate surface area is 170 Å². The summed E-state index contributed by atoms with van der Waals surface area (Å²) in [5.74, 6) is -0.0913. The van der Waals surface area contributed by atoms with Gasteiger partial charge in [-0.15, -0.1) is 0 Å². The summed E-state index contributed by atoms with van der Waals surface area (Å²) in [6.07, 6.45) is -3.58. The lowest BCUT2D eigenvalue weighted by Gasteiger charge is -2.02. The predicted molar refractivity (Wildman–Crippen MR) is 100 cm³/mol. The maximum absolute atomic E-state index is 14.0. The van der Waals surface area contributed by atoms with Crippen molar-refractivity contribution < 1.29 is 22.1 Å². The minimum atomic E-state index is -4.52. The molecule has 0 saturated carbocycles. The lowest BCUT2D eigenvalue weighted by atomic mass is 10.1. The molecular formula is C19H11BrF4N4O. The monoisotopic (exact) mass is 466 g/mol. The van der Waals surface area contributed by atoms with E-state index in [-0.39, 0.29) is 23.1 Å². The van der Waals surface area contributed by atoms with Gasteiger partial charge in [0.1, 0.15) is 11.6 Å². The highest BCUT2D eigenvalue weighted by atomic mass is 79.9. The van der Waals surface area contributed by atoms with Crippen molar-refractivity contribution in [3.8, 4) is 34.2 Å². The van der Waals surface area contributed by atoms with Gasteiger partial charge in [0.15, 0.2) is 5.69 Å². The van der Waals surface area contributed by atoms with Gasteiger partial charge in [-0.1, -0.05) is 45.4 Å². The summed E-state index contributed by atoms with van der Waals surface area (Å²) in [4.78, 5) is 7.86. The molecule has 0 bridgehead atoms. The van der Waals surface area contributed by atoms with Gasteiger partial charge in [-0.2, -0.15) is 18.2 Å². The number of imidazole rings is 1. The molecule has 0 unspecified atom stereocenters. The van der Waals surface area contributed by atoms with E-state index in [0.717, 1.165) is 6.20 Å². The van der Waals surface area contributed by atoms with E-state index in [9.17, 15) is 17.6 Å². The van der Waals surface area contributed by atoms with Crippen LogP contribution in [0.15, 0.2) is 57.7 Å². The molecule has 10 heteroatoms. The van der Waals surface area contributed by atoms with Crippen molar-refractivity contribution in [3.63, 3.8) is 0 Å². The lowest BCUT2D eigenvalue weighted by molar-refractivity contribution is -0.140. The Morgan fingerprint density at radius 3 is 2.34 bits per heavy atom. The summed E-state index contributed by atoms with van der Waals surface area (Å²) in [7, 11) is 1.49. The van der Waals surface area contributed by atoms with E-state index in [4.69, 9.17) is 4.52 Å². The summed E-state index contributed by atoms with van der Waals surface area (Å²) in [5, 5.41) is 3.85. The van der Waals surface area contributed by atoms with Crippen molar-refractivity contribution >= 4 is 15.9 Å². The molecule has 148 valence electrons. The highest BCUT2D eigenvalue weighted by Crippen LogP contribution is 2.31. The van der Waals surface area contributed by atoms with Crippen molar-refractivity contribution in [2.24, 2.45) is 7.05 Å². The van der Waals surface area contributed by atoms with E-state index >= 15 is 0 Å². The van der Waals surface area contributed by atoms with Crippen LogP contribution in [-0.2, 0) is 13.2 Å². The Balaban J connectivity index is 1.63. The summed E-state index contributed by atoms with van der Waals surface area (Å²) in [6.45, 7) is 0. The lowest BCUT2D eigenvalue weighted by Crippen LogP contribution is -2.04. The van der Waals surface area contributed by atoms with Crippen molar-refractivity contribution in [1.29, 1.82) is 0 Å². The van der Waals surface area contributed by atoms with E-state index in [2.05, 4.69) is 31.1 Å². The van der Waals surface area contributed by atoms with Crippen LogP contribution in [0.1, 0.15) is 5.69 Å². The van der Waals surface area contributed by atoms with E-state index in [1.165, 1.54) is 23.7 Å². The first-order chi connectivity index (χ1) is 13.7. The van der Waals surface area contributed by atoms with Crippen molar-refractivity contribution in [2.75, 3.05) is 0 Å². The Morgan fingerprint density at radius 2 is 1.69 bits per heavy atom. The van der Waals surface area contributed by atoms with E-state index in [1.54, 1.807) is 30.3 Å². The van der Waals surface area contributed by atoms with Crippen LogP contribution >= 0.6 is 15.9 Å². The van der Waals surface area contributed by atoms with Crippen LogP contribution in [0.5, 0.6) is 0 Å². The molecule has 29 heavy (non-hydrogen) atoms. The number of benzene rings is 2. The number of aromatic nitrogens is 4. The van der Waals surface area contributed by atoms with Crippen LogP contribution in [0.25, 0.3) is 34.2 Å². The standard InChI is InChI=1S/C19H11BrF4N4O/c1-28-9-15(19(22,23)24)25-17(28)11-4-2-10(3-5-11)16-26-18(29-27-16)13-8-12(20)6-7-14(13)21/h2-9H,1H3. The average Bonchev–Trinajstić information content (AvgIpc) is 3.31. The van der Waals surface area contributed by atoms with Gasteiger partial charge in [0.2, 0.25) is 5.82 Å². The smallest absolute Gasteiger partial charge is 0.334 e. The molecule has 4 aromatic rings. The van der Waals surface area contributed by atoms with Gasteiger partial charge in [-0.25, -0.2) is 9.37 Å². The second kappa shape index (κ2) is 7.11. The topological polar surface area (TPSA) is 56.7 Å². The molecule has 0 radical (unpaired) electrons. The van der Waals surface area contributed by atoms with Crippen LogP contribution < -0.4 is 0 Å². The second-order valence-electron chi connectivity index (χ2n) is 6.18. The fourth-order valence-corrected chi connectivity index (χ4v) is 3.11. The minimum Gasteiger partial charge on any atom is -0.334 e. The Morgan fingerprint density at radius 1 is 1.00 bits per heavy atom. The number of rotatable bonds is 3. The molecule has 4 rings (SSSR count). The minimum absolute atomic E-state index is 0.0156. The van der Waals surface area contributed by atoms with Gasteiger partial charge in [-0.3, -0.25) is 0 Å². The molecular weight excluding hydrogens is 456 g/mol. The van der Waals surface area contributed by atoms with Gasteiger partial charge >= 0.3 is 6.18 Å². The maximum atomic E-state index is 14.0. The van der Waals surface area contributed by atoms with Gasteiger partial charge in [0.25, 0.3) is 5.89 Å². The third-order valence-corrected chi connectivity index (χ3v) is 4.65. The average molecular weight is 467 g/mol.